The van der Waals surface area contributed by atoms with E-state index in [4.69, 9.17) is 4.74 Å². The fourth-order valence-electron chi connectivity index (χ4n) is 1.17. The van der Waals surface area contributed by atoms with Crippen molar-refractivity contribution in [2.75, 3.05) is 7.11 Å². The van der Waals surface area contributed by atoms with E-state index in [9.17, 15) is 0 Å². The van der Waals surface area contributed by atoms with Gasteiger partial charge in [-0.3, -0.25) is 0 Å². The van der Waals surface area contributed by atoms with Crippen LogP contribution in [0.4, 0.5) is 0 Å². The van der Waals surface area contributed by atoms with Crippen LogP contribution in [0.3, 0.4) is 0 Å². The topological polar surface area (TPSA) is 27.1 Å². The average Bonchev–Trinajstić information content (AvgIpc) is 2.44. The predicted molar refractivity (Wildman–Crippen MR) is 50.6 cm³/mol. The van der Waals surface area contributed by atoms with Gasteiger partial charge in [-0.2, -0.15) is 5.10 Å². The van der Waals surface area contributed by atoms with Crippen molar-refractivity contribution in [3.05, 3.63) is 24.4 Å². The molecule has 0 saturated carbocycles. The van der Waals surface area contributed by atoms with Crippen LogP contribution in [0, 0.1) is 0 Å². The Morgan fingerprint density at radius 1 is 1.50 bits per heavy atom. The third kappa shape index (κ3) is 1.08. The van der Waals surface area contributed by atoms with Gasteiger partial charge >= 0.3 is 0 Å². The van der Waals surface area contributed by atoms with Crippen LogP contribution in [0.5, 0.6) is 5.75 Å². The van der Waals surface area contributed by atoms with E-state index in [0.29, 0.717) is 0 Å². The molecule has 0 unspecified atom stereocenters. The van der Waals surface area contributed by atoms with Gasteiger partial charge in [-0.15, -0.1) is 0 Å². The molecule has 2 rings (SSSR count). The summed E-state index contributed by atoms with van der Waals surface area (Å²) in [4.78, 5) is 0. The number of hydrogen-bond donors (Lipinski definition) is 0. The maximum atomic E-state index is 5.17. The highest BCUT2D eigenvalue weighted by Crippen LogP contribution is 2.24. The van der Waals surface area contributed by atoms with Crippen LogP contribution in [0.15, 0.2) is 24.4 Å². The number of rotatable bonds is 1. The number of fused-ring (bicyclic) bond motifs is 1. The number of nitrogens with zero attached hydrogens (tertiary/aromatic N) is 2. The number of ether oxygens (including phenoxy) is 1. The lowest BCUT2D eigenvalue weighted by Gasteiger charge is -1.97. The first-order valence-electron chi connectivity index (χ1n) is 3.50. The van der Waals surface area contributed by atoms with E-state index >= 15 is 0 Å². The zero-order valence-electron chi connectivity index (χ0n) is 6.49. The minimum absolute atomic E-state index is 0.846. The zero-order chi connectivity index (χ0) is 8.55. The maximum absolute atomic E-state index is 5.17. The Morgan fingerprint density at radius 2 is 2.33 bits per heavy atom. The summed E-state index contributed by atoms with van der Waals surface area (Å²) < 4.78 is 6.76. The van der Waals surface area contributed by atoms with Crippen LogP contribution in [-0.2, 0) is 0 Å². The van der Waals surface area contributed by atoms with E-state index < -0.39 is 0 Å². The van der Waals surface area contributed by atoms with Gasteiger partial charge in [0.25, 0.3) is 0 Å². The third-order valence-electron chi connectivity index (χ3n) is 1.70. The molecular weight excluding hydrogens is 220 g/mol. The number of aromatic nitrogens is 2. The lowest BCUT2D eigenvalue weighted by molar-refractivity contribution is 0.420. The number of hydrogen-bond acceptors (Lipinski definition) is 2. The summed E-state index contributed by atoms with van der Waals surface area (Å²) in [5, 5.41) is 5.19. The van der Waals surface area contributed by atoms with Crippen molar-refractivity contribution in [2.24, 2.45) is 0 Å². The molecule has 3 nitrogen and oxygen atoms in total. The highest BCUT2D eigenvalue weighted by Gasteiger charge is 2.03. The summed E-state index contributed by atoms with van der Waals surface area (Å²) in [7, 11) is 1.65. The summed E-state index contributed by atoms with van der Waals surface area (Å²) in [6, 6.07) is 5.77. The van der Waals surface area contributed by atoms with E-state index in [1.807, 2.05) is 24.4 Å². The van der Waals surface area contributed by atoms with Crippen molar-refractivity contribution in [3.63, 3.8) is 0 Å². The predicted octanol–water partition coefficient (Wildman–Crippen LogP) is 2.20. The molecule has 62 valence electrons. The maximum Gasteiger partial charge on any atom is 0.129 e. The molecule has 0 aliphatic heterocycles. The summed E-state index contributed by atoms with van der Waals surface area (Å²) in [5.74, 6) is 0.846. The Morgan fingerprint density at radius 3 is 3.08 bits per heavy atom. The Bertz CT molecular complexity index is 410. The Balaban J connectivity index is 2.78. The van der Waals surface area contributed by atoms with Crippen molar-refractivity contribution in [3.8, 4) is 5.75 Å². The van der Waals surface area contributed by atoms with Crippen molar-refractivity contribution < 1.29 is 4.74 Å². The smallest absolute Gasteiger partial charge is 0.129 e. The normalized spacial score (nSPS) is 10.5. The van der Waals surface area contributed by atoms with Gasteiger partial charge < -0.3 is 4.74 Å². The van der Waals surface area contributed by atoms with Crippen molar-refractivity contribution in [2.45, 2.75) is 0 Å². The zero-order valence-corrected chi connectivity index (χ0v) is 8.08. The van der Waals surface area contributed by atoms with Crippen LogP contribution in [0.25, 0.3) is 10.9 Å². The van der Waals surface area contributed by atoms with Crippen LogP contribution in [0.2, 0.25) is 0 Å². The van der Waals surface area contributed by atoms with E-state index in [0.717, 1.165) is 16.7 Å². The third-order valence-corrected chi connectivity index (χ3v) is 2.07. The molecule has 0 aliphatic carbocycles. The van der Waals surface area contributed by atoms with Crippen molar-refractivity contribution in [1.29, 1.82) is 0 Å². The fourth-order valence-corrected chi connectivity index (χ4v) is 1.54. The molecule has 1 aromatic carbocycles. The molecule has 2 aromatic rings. The van der Waals surface area contributed by atoms with Gasteiger partial charge in [0.15, 0.2) is 0 Å². The van der Waals surface area contributed by atoms with Gasteiger partial charge in [0.05, 0.1) is 34.2 Å². The largest absolute Gasteiger partial charge is 0.496 e. The monoisotopic (exact) mass is 226 g/mol. The van der Waals surface area contributed by atoms with Gasteiger partial charge in [0, 0.05) is 6.20 Å². The molecule has 0 atom stereocenters. The minimum Gasteiger partial charge on any atom is -0.496 e. The SMILES string of the molecule is COc1cccc2nn(Br)cc12. The van der Waals surface area contributed by atoms with Crippen LogP contribution < -0.4 is 4.74 Å². The van der Waals surface area contributed by atoms with Gasteiger partial charge in [-0.1, -0.05) is 6.07 Å². The van der Waals surface area contributed by atoms with Crippen LogP contribution in [0.1, 0.15) is 0 Å². The molecule has 0 fully saturated rings. The average molecular weight is 227 g/mol. The van der Waals surface area contributed by atoms with Gasteiger partial charge in [-0.05, 0) is 12.1 Å². The molecule has 1 aromatic heterocycles. The Hall–Kier alpha value is -1.03. The van der Waals surface area contributed by atoms with E-state index in [1.165, 1.54) is 0 Å². The Labute approximate surface area is 78.3 Å². The molecule has 12 heavy (non-hydrogen) atoms. The first-order valence-corrected chi connectivity index (χ1v) is 4.21. The molecule has 0 amide bonds. The van der Waals surface area contributed by atoms with E-state index in [2.05, 4.69) is 21.2 Å². The lowest BCUT2D eigenvalue weighted by atomic mass is 10.2. The quantitative estimate of drug-likeness (QED) is 0.746. The van der Waals surface area contributed by atoms with Crippen LogP contribution >= 0.6 is 16.1 Å². The van der Waals surface area contributed by atoms with Crippen molar-refractivity contribution >= 4 is 27.1 Å². The van der Waals surface area contributed by atoms with Crippen molar-refractivity contribution in [1.82, 2.24) is 8.81 Å². The first kappa shape index (κ1) is 7.61. The molecular formula is C8H7BrN2O. The highest BCUT2D eigenvalue weighted by molar-refractivity contribution is 9.08. The van der Waals surface area contributed by atoms with Gasteiger partial charge in [0.2, 0.25) is 0 Å². The number of methoxy groups -OCH3 is 1. The standard InChI is InChI=1S/C8H7BrN2O/c1-12-8-4-2-3-7-6(8)5-11(9)10-7/h2-5H,1H3. The first-order chi connectivity index (χ1) is 5.81. The molecule has 0 radical (unpaired) electrons. The van der Waals surface area contributed by atoms with E-state index in [-0.39, 0.29) is 0 Å². The minimum atomic E-state index is 0.846. The second kappa shape index (κ2) is 2.79. The summed E-state index contributed by atoms with van der Waals surface area (Å²) in [6.07, 6.45) is 1.87. The molecule has 0 saturated heterocycles. The molecule has 0 bridgehead atoms. The highest BCUT2D eigenvalue weighted by atomic mass is 79.9. The number of benzene rings is 1. The van der Waals surface area contributed by atoms with E-state index in [1.54, 1.807) is 10.8 Å². The summed E-state index contributed by atoms with van der Waals surface area (Å²) >= 11 is 3.24. The number of halogens is 1. The van der Waals surface area contributed by atoms with Gasteiger partial charge in [0.1, 0.15) is 5.75 Å². The second-order valence-corrected chi connectivity index (χ2v) is 3.14. The summed E-state index contributed by atoms with van der Waals surface area (Å²) in [5.41, 5.74) is 0.922. The van der Waals surface area contributed by atoms with Crippen LogP contribution in [-0.4, -0.2) is 15.9 Å². The second-order valence-electron chi connectivity index (χ2n) is 2.41. The fraction of sp³-hybridized carbons (Fsp3) is 0.125. The molecule has 0 spiro atoms. The molecule has 1 heterocycles. The van der Waals surface area contributed by atoms with Gasteiger partial charge in [-0.25, -0.2) is 3.71 Å². The Kier molecular flexibility index (Phi) is 1.77. The summed E-state index contributed by atoms with van der Waals surface area (Å²) in [6.45, 7) is 0. The molecule has 0 N–H and O–H groups in total. The lowest BCUT2D eigenvalue weighted by Crippen LogP contribution is -1.81. The molecule has 0 aliphatic rings. The molecule has 4 heteroatoms.